The molecule has 126 valence electrons. The van der Waals surface area contributed by atoms with E-state index in [9.17, 15) is 4.79 Å². The van der Waals surface area contributed by atoms with Crippen LogP contribution in [0, 0.1) is 6.92 Å². The van der Waals surface area contributed by atoms with E-state index < -0.39 is 0 Å². The summed E-state index contributed by atoms with van der Waals surface area (Å²) in [5, 5.41) is 3.95. The molecule has 1 N–H and O–H groups in total. The van der Waals surface area contributed by atoms with Gasteiger partial charge in [-0.25, -0.2) is 5.43 Å². The number of carbonyl (C=O) groups is 1. The predicted molar refractivity (Wildman–Crippen MR) is 101 cm³/mol. The van der Waals surface area contributed by atoms with Crippen LogP contribution in [0.5, 0.6) is 5.75 Å². The number of carbonyl (C=O) groups excluding carboxylic acids is 1. The van der Waals surface area contributed by atoms with Gasteiger partial charge in [0.2, 0.25) is 0 Å². The molecule has 0 saturated heterocycles. The number of halogens is 1. The zero-order valence-corrected chi connectivity index (χ0v) is 15.6. The average Bonchev–Trinajstić information content (AvgIpc) is 2.54. The van der Waals surface area contributed by atoms with Crippen molar-refractivity contribution in [2.45, 2.75) is 26.7 Å². The molecule has 0 saturated carbocycles. The van der Waals surface area contributed by atoms with Crippen molar-refractivity contribution in [1.29, 1.82) is 0 Å². The molecule has 5 heteroatoms. The van der Waals surface area contributed by atoms with Crippen LogP contribution >= 0.6 is 15.9 Å². The molecule has 0 unspecified atom stereocenters. The Hall–Kier alpha value is -2.14. The van der Waals surface area contributed by atoms with Crippen molar-refractivity contribution in [3.63, 3.8) is 0 Å². The highest BCUT2D eigenvalue weighted by molar-refractivity contribution is 9.10. The van der Waals surface area contributed by atoms with Gasteiger partial charge in [-0.2, -0.15) is 5.10 Å². The summed E-state index contributed by atoms with van der Waals surface area (Å²) in [6.45, 7) is 6.19. The summed E-state index contributed by atoms with van der Waals surface area (Å²) in [5.41, 5.74) is 5.78. The van der Waals surface area contributed by atoms with Gasteiger partial charge in [-0.05, 0) is 57.6 Å². The predicted octanol–water partition coefficient (Wildman–Crippen LogP) is 4.41. The lowest BCUT2D eigenvalue weighted by Crippen LogP contribution is -2.24. The minimum atomic E-state index is -0.308. The van der Waals surface area contributed by atoms with Crippen LogP contribution in [-0.2, 0) is 4.79 Å². The smallest absolute Gasteiger partial charge is 0.277 e. The fourth-order valence-corrected chi connectivity index (χ4v) is 2.65. The first-order chi connectivity index (χ1) is 11.5. The molecule has 0 aromatic heterocycles. The van der Waals surface area contributed by atoms with E-state index >= 15 is 0 Å². The highest BCUT2D eigenvalue weighted by atomic mass is 79.9. The number of hydrogen-bond acceptors (Lipinski definition) is 3. The molecule has 2 rings (SSSR count). The summed E-state index contributed by atoms with van der Waals surface area (Å²) < 4.78 is 6.29. The van der Waals surface area contributed by atoms with Gasteiger partial charge < -0.3 is 4.74 Å². The summed E-state index contributed by atoms with van der Waals surface area (Å²) in [5.74, 6) is 0.815. The van der Waals surface area contributed by atoms with Gasteiger partial charge >= 0.3 is 0 Å². The van der Waals surface area contributed by atoms with Crippen LogP contribution in [0.2, 0.25) is 0 Å². The SMILES string of the molecule is Cc1ccc(OCC(=O)N/N=C/c2ccc(C(C)C)cc2)c(Br)c1. The van der Waals surface area contributed by atoms with E-state index in [-0.39, 0.29) is 12.5 Å². The highest BCUT2D eigenvalue weighted by Crippen LogP contribution is 2.25. The summed E-state index contributed by atoms with van der Waals surface area (Å²) >= 11 is 3.41. The number of hydrogen-bond donors (Lipinski definition) is 1. The Morgan fingerprint density at radius 3 is 2.58 bits per heavy atom. The number of ether oxygens (including phenoxy) is 1. The first kappa shape index (κ1) is 18.2. The molecular formula is C19H21BrN2O2. The van der Waals surface area contributed by atoms with Crippen LogP contribution in [0.4, 0.5) is 0 Å². The lowest BCUT2D eigenvalue weighted by atomic mass is 10.0. The molecule has 0 heterocycles. The topological polar surface area (TPSA) is 50.7 Å². The summed E-state index contributed by atoms with van der Waals surface area (Å²) in [6.07, 6.45) is 1.61. The van der Waals surface area contributed by atoms with Crippen LogP contribution in [0.25, 0.3) is 0 Å². The molecule has 0 bridgehead atoms. The third kappa shape index (κ3) is 5.49. The van der Waals surface area contributed by atoms with Gasteiger partial charge in [0, 0.05) is 0 Å². The second-order valence-corrected chi connectivity index (χ2v) is 6.69. The summed E-state index contributed by atoms with van der Waals surface area (Å²) in [4.78, 5) is 11.8. The third-order valence-electron chi connectivity index (χ3n) is 3.45. The molecule has 4 nitrogen and oxygen atoms in total. The third-order valence-corrected chi connectivity index (χ3v) is 4.07. The fourth-order valence-electron chi connectivity index (χ4n) is 2.04. The molecule has 24 heavy (non-hydrogen) atoms. The van der Waals surface area contributed by atoms with Crippen molar-refractivity contribution >= 4 is 28.1 Å². The number of hydrazone groups is 1. The van der Waals surface area contributed by atoms with Crippen molar-refractivity contribution in [2.75, 3.05) is 6.61 Å². The maximum atomic E-state index is 11.8. The highest BCUT2D eigenvalue weighted by Gasteiger charge is 2.05. The van der Waals surface area contributed by atoms with Crippen molar-refractivity contribution in [1.82, 2.24) is 5.43 Å². The Bertz CT molecular complexity index is 725. The molecule has 0 radical (unpaired) electrons. The lowest BCUT2D eigenvalue weighted by Gasteiger charge is -2.07. The van der Waals surface area contributed by atoms with Crippen LogP contribution in [-0.4, -0.2) is 18.7 Å². The van der Waals surface area contributed by atoms with Gasteiger partial charge in [-0.3, -0.25) is 4.79 Å². The molecule has 2 aromatic rings. The zero-order chi connectivity index (χ0) is 17.5. The van der Waals surface area contributed by atoms with E-state index in [4.69, 9.17) is 4.74 Å². The molecule has 0 aliphatic rings. The average molecular weight is 389 g/mol. The second-order valence-electron chi connectivity index (χ2n) is 5.84. The van der Waals surface area contributed by atoms with E-state index in [0.717, 1.165) is 15.6 Å². The quantitative estimate of drug-likeness (QED) is 0.588. The number of benzene rings is 2. The molecule has 2 aromatic carbocycles. The molecule has 0 spiro atoms. The molecule has 0 aliphatic carbocycles. The Kier molecular flexibility index (Phi) is 6.55. The van der Waals surface area contributed by atoms with Crippen molar-refractivity contribution < 1.29 is 9.53 Å². The zero-order valence-electron chi connectivity index (χ0n) is 14.0. The maximum Gasteiger partial charge on any atom is 0.277 e. The fraction of sp³-hybridized carbons (Fsp3) is 0.263. The molecule has 0 fully saturated rings. The number of amides is 1. The van der Waals surface area contributed by atoms with Crippen LogP contribution in [0.3, 0.4) is 0 Å². The lowest BCUT2D eigenvalue weighted by molar-refractivity contribution is -0.123. The van der Waals surface area contributed by atoms with Gasteiger partial charge in [-0.1, -0.05) is 44.2 Å². The summed E-state index contributed by atoms with van der Waals surface area (Å²) in [6, 6.07) is 13.8. The molecular weight excluding hydrogens is 368 g/mol. The van der Waals surface area contributed by atoms with E-state index in [2.05, 4.69) is 52.4 Å². The standard InChI is InChI=1S/C19H21BrN2O2/c1-13(2)16-7-5-15(6-8-16)11-21-22-19(23)12-24-18-9-4-14(3)10-17(18)20/h4-11,13H,12H2,1-3H3,(H,22,23)/b21-11+. The van der Waals surface area contributed by atoms with Crippen molar-refractivity contribution in [3.8, 4) is 5.75 Å². The Balaban J connectivity index is 1.82. The van der Waals surface area contributed by atoms with E-state index in [0.29, 0.717) is 11.7 Å². The number of nitrogens with zero attached hydrogens (tertiary/aromatic N) is 1. The van der Waals surface area contributed by atoms with Gasteiger partial charge in [0.15, 0.2) is 6.61 Å². The Labute approximate surface area is 151 Å². The minimum absolute atomic E-state index is 0.0920. The van der Waals surface area contributed by atoms with Crippen LogP contribution < -0.4 is 10.2 Å². The monoisotopic (exact) mass is 388 g/mol. The summed E-state index contributed by atoms with van der Waals surface area (Å²) in [7, 11) is 0. The molecule has 1 amide bonds. The molecule has 0 aliphatic heterocycles. The van der Waals surface area contributed by atoms with Gasteiger partial charge in [0.25, 0.3) is 5.91 Å². The van der Waals surface area contributed by atoms with E-state index in [1.807, 2.05) is 37.3 Å². The first-order valence-electron chi connectivity index (χ1n) is 7.76. The first-order valence-corrected chi connectivity index (χ1v) is 8.56. The van der Waals surface area contributed by atoms with Crippen molar-refractivity contribution in [3.05, 3.63) is 63.6 Å². The Morgan fingerprint density at radius 1 is 1.25 bits per heavy atom. The normalized spacial score (nSPS) is 11.0. The minimum Gasteiger partial charge on any atom is -0.483 e. The maximum absolute atomic E-state index is 11.8. The van der Waals surface area contributed by atoms with E-state index in [1.165, 1.54) is 5.56 Å². The van der Waals surface area contributed by atoms with Crippen molar-refractivity contribution in [2.24, 2.45) is 5.10 Å². The Morgan fingerprint density at radius 2 is 1.96 bits per heavy atom. The van der Waals surface area contributed by atoms with Crippen LogP contribution in [0.15, 0.2) is 52.0 Å². The second kappa shape index (κ2) is 8.64. The van der Waals surface area contributed by atoms with Gasteiger partial charge in [-0.15, -0.1) is 0 Å². The van der Waals surface area contributed by atoms with Crippen LogP contribution in [0.1, 0.15) is 36.5 Å². The number of aryl methyl sites for hydroxylation is 1. The molecule has 0 atom stereocenters. The van der Waals surface area contributed by atoms with Gasteiger partial charge in [0.05, 0.1) is 10.7 Å². The van der Waals surface area contributed by atoms with Gasteiger partial charge in [0.1, 0.15) is 5.75 Å². The largest absolute Gasteiger partial charge is 0.483 e. The van der Waals surface area contributed by atoms with E-state index in [1.54, 1.807) is 6.21 Å². The number of nitrogens with one attached hydrogen (secondary N) is 1. The number of rotatable bonds is 6.